The lowest BCUT2D eigenvalue weighted by atomic mass is 9.56. The van der Waals surface area contributed by atoms with Gasteiger partial charge in [0, 0.05) is 53.4 Å². The minimum atomic E-state index is -1.02. The number of hydrogen-bond donors (Lipinski definition) is 2. The lowest BCUT2D eigenvalue weighted by molar-refractivity contribution is -0.384. The van der Waals surface area contributed by atoms with Crippen LogP contribution in [-0.4, -0.2) is 63.2 Å². The van der Waals surface area contributed by atoms with Crippen molar-refractivity contribution in [2.75, 3.05) is 26.1 Å². The molecule has 2 fully saturated rings. The molecule has 3 aromatic rings. The zero-order valence-corrected chi connectivity index (χ0v) is 35.0. The molecule has 0 amide bonds. The fourth-order valence-corrected chi connectivity index (χ4v) is 11.6. The molecule has 2 saturated carbocycles. The Morgan fingerprint density at radius 3 is 2.40 bits per heavy atom. The summed E-state index contributed by atoms with van der Waals surface area (Å²) in [5.41, 5.74) is 3.84. The number of aliphatic hydroxyl groups is 2. The van der Waals surface area contributed by atoms with Crippen molar-refractivity contribution >= 4 is 34.9 Å². The monoisotopic (exact) mass is 828 g/mol. The molecule has 0 radical (unpaired) electrons. The van der Waals surface area contributed by atoms with Crippen molar-refractivity contribution < 1.29 is 34.2 Å². The highest BCUT2D eigenvalue weighted by molar-refractivity contribution is 8.00. The molecular formula is C46H56N2O8S2. The number of aliphatic hydroxyl groups excluding tert-OH is 2. The number of rotatable bonds is 20. The van der Waals surface area contributed by atoms with Gasteiger partial charge in [-0.1, -0.05) is 43.0 Å². The van der Waals surface area contributed by atoms with Crippen LogP contribution in [0, 0.1) is 27.9 Å². The number of benzene rings is 3. The Bertz CT molecular complexity index is 1920. The summed E-state index contributed by atoms with van der Waals surface area (Å²) in [5, 5.41) is 36.4. The molecule has 2 N–H and O–H groups in total. The molecule has 58 heavy (non-hydrogen) atoms. The van der Waals surface area contributed by atoms with Gasteiger partial charge in [0.1, 0.15) is 23.9 Å². The summed E-state index contributed by atoms with van der Waals surface area (Å²) < 4.78 is 21.0. The highest BCUT2D eigenvalue weighted by atomic mass is 32.2. The first-order chi connectivity index (χ1) is 28.4. The summed E-state index contributed by atoms with van der Waals surface area (Å²) in [4.78, 5) is 18.2. The smallest absolute Gasteiger partial charge is 0.269 e. The van der Waals surface area contributed by atoms with E-state index in [0.717, 1.165) is 89.5 Å². The van der Waals surface area contributed by atoms with Gasteiger partial charge < -0.3 is 29.3 Å². The van der Waals surface area contributed by atoms with Crippen LogP contribution in [0.2, 0.25) is 0 Å². The van der Waals surface area contributed by atoms with Gasteiger partial charge >= 0.3 is 0 Å². The van der Waals surface area contributed by atoms with E-state index in [1.807, 2.05) is 36.0 Å². The minimum absolute atomic E-state index is 0.0313. The topological polar surface area (TPSA) is 133 Å². The Balaban J connectivity index is 1.35. The molecule has 3 aliphatic carbocycles. The lowest BCUT2D eigenvalue weighted by Gasteiger charge is -2.58. The van der Waals surface area contributed by atoms with Crippen LogP contribution in [0.25, 0.3) is 0 Å². The van der Waals surface area contributed by atoms with Gasteiger partial charge in [-0.25, -0.2) is 0 Å². The second kappa shape index (κ2) is 20.0. The number of thioether (sulfide) groups is 2. The van der Waals surface area contributed by atoms with Gasteiger partial charge in [-0.3, -0.25) is 10.1 Å². The first-order valence-electron chi connectivity index (χ1n) is 20.8. The van der Waals surface area contributed by atoms with Crippen molar-refractivity contribution in [2.45, 2.75) is 104 Å². The minimum Gasteiger partial charge on any atom is -0.460 e. The number of allylic oxidation sites excluding steroid dienone is 1. The number of unbranched alkanes of at least 4 members (excludes halogenated alkanes) is 2. The van der Waals surface area contributed by atoms with E-state index in [0.29, 0.717) is 24.7 Å². The van der Waals surface area contributed by atoms with Gasteiger partial charge in [0.2, 0.25) is 5.79 Å². The molecule has 10 nitrogen and oxygen atoms in total. The molecule has 310 valence electrons. The highest BCUT2D eigenvalue weighted by Crippen LogP contribution is 2.63. The van der Waals surface area contributed by atoms with Crippen LogP contribution in [0.5, 0.6) is 17.2 Å². The lowest BCUT2D eigenvalue weighted by Crippen LogP contribution is -2.64. The van der Waals surface area contributed by atoms with Gasteiger partial charge in [0.15, 0.2) is 0 Å². The van der Waals surface area contributed by atoms with Crippen LogP contribution in [0.4, 0.5) is 5.69 Å². The van der Waals surface area contributed by atoms with E-state index in [9.17, 15) is 20.3 Å². The average Bonchev–Trinajstić information content (AvgIpc) is 3.76. The number of nitro groups is 1. The molecule has 1 heterocycles. The van der Waals surface area contributed by atoms with E-state index in [-0.39, 0.29) is 54.4 Å². The molecule has 1 aliphatic heterocycles. The van der Waals surface area contributed by atoms with Crippen molar-refractivity contribution in [3.05, 3.63) is 112 Å². The molecule has 0 saturated heterocycles. The molecule has 0 spiro atoms. The molecule has 4 aliphatic rings. The SMILES string of the molecule is C=CCO[C@@]12Oc3ccc(Oc4ccc(SC)cc4)cc3[C@H]3[C@H](CCCCO)[C@@H](CCCCO)C=C(C(=NOCc4ccc([N+](=O)[O-])cc4)C[C@@H]1SC1CCCC1)[C@H]32. The van der Waals surface area contributed by atoms with Gasteiger partial charge in [0.25, 0.3) is 5.69 Å². The molecule has 0 unspecified atom stereocenters. The van der Waals surface area contributed by atoms with Crippen LogP contribution in [0.15, 0.2) is 101 Å². The summed E-state index contributed by atoms with van der Waals surface area (Å²) in [6.07, 6.45) is 16.5. The fraction of sp³-hybridized carbons (Fsp3) is 0.500. The summed E-state index contributed by atoms with van der Waals surface area (Å²) in [7, 11) is 0. The third-order valence-corrected chi connectivity index (χ3v) is 14.6. The number of nitrogens with zero attached hydrogens (tertiary/aromatic N) is 2. The number of ether oxygens (including phenoxy) is 3. The van der Waals surface area contributed by atoms with Crippen molar-refractivity contribution in [1.29, 1.82) is 0 Å². The highest BCUT2D eigenvalue weighted by Gasteiger charge is 2.64. The largest absolute Gasteiger partial charge is 0.460 e. The quantitative estimate of drug-likeness (QED) is 0.0373. The van der Waals surface area contributed by atoms with Crippen LogP contribution in [-0.2, 0) is 16.2 Å². The third-order valence-electron chi connectivity index (χ3n) is 12.1. The predicted octanol–water partition coefficient (Wildman–Crippen LogP) is 10.6. The maximum absolute atomic E-state index is 11.3. The van der Waals surface area contributed by atoms with Gasteiger partial charge in [-0.2, -0.15) is 0 Å². The number of non-ortho nitro benzene ring substituents is 1. The van der Waals surface area contributed by atoms with E-state index in [2.05, 4.69) is 37.1 Å². The molecule has 0 bridgehead atoms. The normalized spacial score (nSPS) is 25.7. The Morgan fingerprint density at radius 1 is 0.983 bits per heavy atom. The molecule has 12 heteroatoms. The standard InChI is InChI=1S/C46H56N2O8S2/c1-3-26-53-46-43(58-37-11-4-5-12-37)29-41(47-54-30-31-14-16-33(17-15-31)48(51)52)39-27-32(10-6-8-24-49)38(13-7-9-25-50)44(45(39)46)40-28-35(20-23-42(40)56-46)55-34-18-21-36(57-2)22-19-34/h3,14-23,27-28,32,37-38,43-45,49-50H,1,4-13,24-26,29-30H2,2H3/t32-,38+,43-,44+,45+,46+/m0/s1. The Kier molecular flexibility index (Phi) is 14.6. The molecule has 6 atom stereocenters. The van der Waals surface area contributed by atoms with E-state index in [1.54, 1.807) is 30.0 Å². The van der Waals surface area contributed by atoms with E-state index in [4.69, 9.17) is 24.2 Å². The summed E-state index contributed by atoms with van der Waals surface area (Å²) >= 11 is 3.65. The summed E-state index contributed by atoms with van der Waals surface area (Å²) in [5.74, 6) is 1.32. The Hall–Kier alpha value is -3.81. The zero-order valence-electron chi connectivity index (χ0n) is 33.3. The van der Waals surface area contributed by atoms with E-state index in [1.165, 1.54) is 25.0 Å². The molecule has 3 aromatic carbocycles. The first kappa shape index (κ1) is 42.3. The van der Waals surface area contributed by atoms with Gasteiger partial charge in [0.05, 0.1) is 28.4 Å². The van der Waals surface area contributed by atoms with Crippen molar-refractivity contribution in [3.63, 3.8) is 0 Å². The fourth-order valence-electron chi connectivity index (χ4n) is 9.44. The summed E-state index contributed by atoms with van der Waals surface area (Å²) in [6, 6.07) is 20.7. The third kappa shape index (κ3) is 9.47. The van der Waals surface area contributed by atoms with E-state index < -0.39 is 10.7 Å². The maximum Gasteiger partial charge on any atom is 0.269 e. The number of oxime groups is 1. The first-order valence-corrected chi connectivity index (χ1v) is 22.9. The molecular weight excluding hydrogens is 773 g/mol. The van der Waals surface area contributed by atoms with Crippen molar-refractivity contribution in [2.24, 2.45) is 22.9 Å². The number of nitro benzene ring substituents is 1. The van der Waals surface area contributed by atoms with Crippen LogP contribution >= 0.6 is 23.5 Å². The number of hydrogen-bond acceptors (Lipinski definition) is 11. The van der Waals surface area contributed by atoms with Crippen molar-refractivity contribution in [1.82, 2.24) is 0 Å². The molecule has 0 aromatic heterocycles. The summed E-state index contributed by atoms with van der Waals surface area (Å²) in [6.45, 7) is 4.83. The average molecular weight is 829 g/mol. The van der Waals surface area contributed by atoms with Gasteiger partial charge in [-0.15, -0.1) is 30.1 Å². The Morgan fingerprint density at radius 2 is 1.71 bits per heavy atom. The second-order valence-electron chi connectivity index (χ2n) is 15.8. The molecule has 7 rings (SSSR count). The van der Waals surface area contributed by atoms with E-state index >= 15 is 0 Å². The zero-order chi connectivity index (χ0) is 40.5. The van der Waals surface area contributed by atoms with Gasteiger partial charge in [-0.05, 0) is 122 Å². The van der Waals surface area contributed by atoms with Crippen molar-refractivity contribution in [3.8, 4) is 17.2 Å². The van der Waals surface area contributed by atoms with Crippen LogP contribution < -0.4 is 9.47 Å². The van der Waals surface area contributed by atoms with Crippen LogP contribution in [0.3, 0.4) is 0 Å². The van der Waals surface area contributed by atoms with Crippen LogP contribution in [0.1, 0.15) is 87.7 Å². The Labute approximate surface area is 350 Å². The maximum atomic E-state index is 11.3. The predicted molar refractivity (Wildman–Crippen MR) is 231 cm³/mol. The number of fused-ring (bicyclic) bond motifs is 2. The second-order valence-corrected chi connectivity index (χ2v) is 18.2.